The molecule has 0 saturated heterocycles. The molecule has 0 bridgehead atoms. The lowest BCUT2D eigenvalue weighted by molar-refractivity contribution is 0.768. The van der Waals surface area contributed by atoms with E-state index in [4.69, 9.17) is 0 Å². The largest absolute Gasteiger partial charge is 0.0908 e. The third-order valence-electron chi connectivity index (χ3n) is 5.09. The molecule has 0 aliphatic heterocycles. The van der Waals surface area contributed by atoms with Crippen LogP contribution in [0.2, 0.25) is 0 Å². The fourth-order valence-electron chi connectivity index (χ4n) is 4.15. The number of allylic oxidation sites excluding steroid dienone is 3. The van der Waals surface area contributed by atoms with Gasteiger partial charge in [0.15, 0.2) is 0 Å². The van der Waals surface area contributed by atoms with E-state index >= 15 is 0 Å². The van der Waals surface area contributed by atoms with E-state index in [2.05, 4.69) is 105 Å². The topological polar surface area (TPSA) is 0 Å². The van der Waals surface area contributed by atoms with Crippen molar-refractivity contribution >= 4 is 5.57 Å². The molecule has 0 aromatic heterocycles. The summed E-state index contributed by atoms with van der Waals surface area (Å²) in [4.78, 5) is 0. The molecule has 3 aromatic rings. The van der Waals surface area contributed by atoms with E-state index in [0.29, 0.717) is 0 Å². The fraction of sp³-hybridized carbons (Fsp3) is 0.0833. The Kier molecular flexibility index (Phi) is 3.46. The maximum Gasteiger partial charge on any atom is 0.0710 e. The summed E-state index contributed by atoms with van der Waals surface area (Å²) in [5.41, 5.74) is 7.26. The zero-order valence-corrected chi connectivity index (χ0v) is 13.9. The Hall–Kier alpha value is -2.86. The van der Waals surface area contributed by atoms with Gasteiger partial charge in [0, 0.05) is 0 Å². The Bertz CT molecular complexity index is 875. The molecule has 0 spiro atoms. The van der Waals surface area contributed by atoms with Crippen LogP contribution in [-0.2, 0) is 5.41 Å². The van der Waals surface area contributed by atoms with Gasteiger partial charge in [0.25, 0.3) is 0 Å². The summed E-state index contributed by atoms with van der Waals surface area (Å²) in [5, 5.41) is 0. The molecule has 1 aliphatic rings. The van der Waals surface area contributed by atoms with Crippen LogP contribution in [0, 0.1) is 0 Å². The molecule has 1 aliphatic carbocycles. The third kappa shape index (κ3) is 1.86. The fourth-order valence-corrected chi connectivity index (χ4v) is 4.15. The van der Waals surface area contributed by atoms with Crippen LogP contribution in [0.4, 0.5) is 0 Å². The van der Waals surface area contributed by atoms with Crippen molar-refractivity contribution < 1.29 is 0 Å². The van der Waals surface area contributed by atoms with Crippen LogP contribution in [0.25, 0.3) is 5.57 Å². The van der Waals surface area contributed by atoms with Crippen LogP contribution in [-0.4, -0.2) is 0 Å². The highest BCUT2D eigenvalue weighted by atomic mass is 14.5. The molecule has 0 heterocycles. The molecule has 4 rings (SSSR count). The summed E-state index contributed by atoms with van der Waals surface area (Å²) in [6.07, 6.45) is 2.22. The Labute approximate surface area is 143 Å². The lowest BCUT2D eigenvalue weighted by Crippen LogP contribution is -2.28. The predicted octanol–water partition coefficient (Wildman–Crippen LogP) is 5.99. The second-order valence-electron chi connectivity index (χ2n) is 6.21. The minimum absolute atomic E-state index is 0.287. The highest BCUT2D eigenvalue weighted by molar-refractivity contribution is 5.92. The number of fused-ring (bicyclic) bond motifs is 1. The first-order valence-electron chi connectivity index (χ1n) is 8.37. The Balaban J connectivity index is 2.17. The first-order valence-corrected chi connectivity index (χ1v) is 8.37. The molecule has 0 amide bonds. The summed E-state index contributed by atoms with van der Waals surface area (Å²) < 4.78 is 0. The van der Waals surface area contributed by atoms with Crippen molar-refractivity contribution in [2.75, 3.05) is 0 Å². The van der Waals surface area contributed by atoms with Crippen molar-refractivity contribution in [2.45, 2.75) is 12.3 Å². The Morgan fingerprint density at radius 2 is 1.21 bits per heavy atom. The molecule has 0 radical (unpaired) electrons. The van der Waals surface area contributed by atoms with Gasteiger partial charge in [0.2, 0.25) is 0 Å². The maximum atomic E-state index is 4.43. The van der Waals surface area contributed by atoms with Crippen LogP contribution >= 0.6 is 0 Å². The van der Waals surface area contributed by atoms with Gasteiger partial charge in [-0.25, -0.2) is 0 Å². The summed E-state index contributed by atoms with van der Waals surface area (Å²) in [5.74, 6) is 0. The van der Waals surface area contributed by atoms with Gasteiger partial charge in [0.05, 0.1) is 5.41 Å². The molecule has 116 valence electrons. The molecule has 0 heteroatoms. The quantitative estimate of drug-likeness (QED) is 0.545. The maximum absolute atomic E-state index is 4.43. The van der Waals surface area contributed by atoms with E-state index < -0.39 is 0 Å². The molecule has 24 heavy (non-hydrogen) atoms. The monoisotopic (exact) mass is 308 g/mol. The van der Waals surface area contributed by atoms with E-state index in [1.807, 2.05) is 0 Å². The summed E-state index contributed by atoms with van der Waals surface area (Å²) in [7, 11) is 0. The molecule has 0 saturated carbocycles. The molecule has 3 aromatic carbocycles. The average Bonchev–Trinajstić information content (AvgIpc) is 2.92. The van der Waals surface area contributed by atoms with Crippen molar-refractivity contribution in [1.29, 1.82) is 0 Å². The first-order chi connectivity index (χ1) is 11.8. The third-order valence-corrected chi connectivity index (χ3v) is 5.09. The first kappa shape index (κ1) is 14.7. The van der Waals surface area contributed by atoms with Gasteiger partial charge in [0.1, 0.15) is 0 Å². The van der Waals surface area contributed by atoms with Crippen molar-refractivity contribution in [3.05, 3.63) is 125 Å². The lowest BCUT2D eigenvalue weighted by atomic mass is 9.67. The van der Waals surface area contributed by atoms with E-state index in [9.17, 15) is 0 Å². The van der Waals surface area contributed by atoms with Gasteiger partial charge < -0.3 is 0 Å². The summed E-state index contributed by atoms with van der Waals surface area (Å²) >= 11 is 0. The SMILES string of the molecule is C=C1/C(=C\C)C(c2ccccc2)(c2ccccc2)c2ccccc21. The predicted molar refractivity (Wildman–Crippen MR) is 102 cm³/mol. The van der Waals surface area contributed by atoms with Gasteiger partial charge in [-0.1, -0.05) is 97.6 Å². The summed E-state index contributed by atoms with van der Waals surface area (Å²) in [6.45, 7) is 6.54. The molecule has 0 N–H and O–H groups in total. The van der Waals surface area contributed by atoms with Gasteiger partial charge in [-0.05, 0) is 40.3 Å². The zero-order chi connectivity index (χ0) is 16.6. The van der Waals surface area contributed by atoms with Crippen molar-refractivity contribution in [1.82, 2.24) is 0 Å². The molecule has 0 unspecified atom stereocenters. The van der Waals surface area contributed by atoms with Gasteiger partial charge in [-0.2, -0.15) is 0 Å². The average molecular weight is 308 g/mol. The summed E-state index contributed by atoms with van der Waals surface area (Å²) in [6, 6.07) is 30.2. The smallest absolute Gasteiger partial charge is 0.0710 e. The van der Waals surface area contributed by atoms with Crippen LogP contribution < -0.4 is 0 Å². The highest BCUT2D eigenvalue weighted by Gasteiger charge is 2.46. The molecule has 0 nitrogen and oxygen atoms in total. The van der Waals surface area contributed by atoms with Crippen molar-refractivity contribution in [3.63, 3.8) is 0 Å². The molecular weight excluding hydrogens is 288 g/mol. The Morgan fingerprint density at radius 1 is 0.708 bits per heavy atom. The van der Waals surface area contributed by atoms with Crippen LogP contribution in [0.15, 0.2) is 103 Å². The van der Waals surface area contributed by atoms with Crippen LogP contribution in [0.5, 0.6) is 0 Å². The molecular formula is C24H20. The highest BCUT2D eigenvalue weighted by Crippen LogP contribution is 2.56. The van der Waals surface area contributed by atoms with Crippen molar-refractivity contribution in [3.8, 4) is 0 Å². The second-order valence-corrected chi connectivity index (χ2v) is 6.21. The molecule has 0 fully saturated rings. The lowest BCUT2D eigenvalue weighted by Gasteiger charge is -2.34. The van der Waals surface area contributed by atoms with Gasteiger partial charge in [-0.3, -0.25) is 0 Å². The minimum Gasteiger partial charge on any atom is -0.0908 e. The van der Waals surface area contributed by atoms with E-state index in [1.54, 1.807) is 0 Å². The number of hydrogen-bond donors (Lipinski definition) is 0. The van der Waals surface area contributed by atoms with E-state index in [0.717, 1.165) is 5.57 Å². The van der Waals surface area contributed by atoms with Crippen LogP contribution in [0.3, 0.4) is 0 Å². The standard InChI is InChI=1S/C24H20/c1-3-22-18(2)21-16-10-11-17-23(21)24(22,19-12-6-4-7-13-19)20-14-8-5-9-15-20/h3-17H,2H2,1H3/b22-3+. The number of hydrogen-bond acceptors (Lipinski definition) is 0. The van der Waals surface area contributed by atoms with Gasteiger partial charge >= 0.3 is 0 Å². The van der Waals surface area contributed by atoms with E-state index in [1.165, 1.54) is 27.8 Å². The normalized spacial score (nSPS) is 17.0. The van der Waals surface area contributed by atoms with E-state index in [-0.39, 0.29) is 5.41 Å². The zero-order valence-electron chi connectivity index (χ0n) is 13.9. The Morgan fingerprint density at radius 3 is 1.75 bits per heavy atom. The van der Waals surface area contributed by atoms with Gasteiger partial charge in [-0.15, -0.1) is 0 Å². The number of rotatable bonds is 2. The molecule has 0 atom stereocenters. The minimum atomic E-state index is -0.287. The van der Waals surface area contributed by atoms with Crippen molar-refractivity contribution in [2.24, 2.45) is 0 Å². The number of benzene rings is 3. The van der Waals surface area contributed by atoms with Crippen LogP contribution in [0.1, 0.15) is 29.2 Å². The second kappa shape index (κ2) is 5.65.